The summed E-state index contributed by atoms with van der Waals surface area (Å²) in [6.07, 6.45) is 2.56. The summed E-state index contributed by atoms with van der Waals surface area (Å²) in [4.78, 5) is 4.27. The molecule has 4 nitrogen and oxygen atoms in total. The molecule has 0 aliphatic heterocycles. The van der Waals surface area contributed by atoms with Gasteiger partial charge in [-0.1, -0.05) is 18.2 Å². The number of nitrogens with one attached hydrogen (secondary N) is 1. The van der Waals surface area contributed by atoms with Crippen LogP contribution in [0, 0.1) is 0 Å². The third kappa shape index (κ3) is 2.82. The lowest BCUT2D eigenvalue weighted by Crippen LogP contribution is -2.29. The van der Waals surface area contributed by atoms with Crippen LogP contribution in [0.1, 0.15) is 16.6 Å². The smallest absolute Gasteiger partial charge is 0.123 e. The first kappa shape index (κ1) is 12.0. The number of nitrogens with two attached hydrogens (primary N) is 1. The van der Waals surface area contributed by atoms with E-state index in [-0.39, 0.29) is 6.04 Å². The fourth-order valence-corrected chi connectivity index (χ4v) is 2.40. The van der Waals surface area contributed by atoms with Crippen LogP contribution in [0.3, 0.4) is 0 Å². The third-order valence-electron chi connectivity index (χ3n) is 2.58. The number of hydrogen-bond acceptors (Lipinski definition) is 5. The van der Waals surface area contributed by atoms with E-state index < -0.39 is 0 Å². The van der Waals surface area contributed by atoms with Gasteiger partial charge < -0.3 is 4.74 Å². The van der Waals surface area contributed by atoms with Gasteiger partial charge in [-0.2, -0.15) is 0 Å². The molecular weight excluding hydrogens is 234 g/mol. The Morgan fingerprint density at radius 3 is 2.94 bits per heavy atom. The summed E-state index contributed by atoms with van der Waals surface area (Å²) in [5.41, 5.74) is 3.87. The minimum absolute atomic E-state index is 0.0114. The molecule has 1 heterocycles. The molecule has 0 saturated heterocycles. The van der Waals surface area contributed by atoms with E-state index in [1.165, 1.54) is 0 Å². The third-order valence-corrected chi connectivity index (χ3v) is 3.38. The molecule has 1 atom stereocenters. The molecule has 3 N–H and O–H groups in total. The molecule has 90 valence electrons. The number of benzene rings is 1. The van der Waals surface area contributed by atoms with Gasteiger partial charge in [0.2, 0.25) is 0 Å². The molecule has 1 aromatic heterocycles. The van der Waals surface area contributed by atoms with E-state index in [2.05, 4.69) is 10.4 Å². The van der Waals surface area contributed by atoms with Gasteiger partial charge in [-0.25, -0.2) is 4.98 Å². The molecule has 1 aromatic carbocycles. The van der Waals surface area contributed by atoms with Crippen LogP contribution in [0.4, 0.5) is 0 Å². The van der Waals surface area contributed by atoms with Crippen molar-refractivity contribution in [3.05, 3.63) is 46.4 Å². The summed E-state index contributed by atoms with van der Waals surface area (Å²) in [6.45, 7) is 0. The van der Waals surface area contributed by atoms with E-state index in [0.717, 1.165) is 22.7 Å². The van der Waals surface area contributed by atoms with Gasteiger partial charge in [-0.15, -0.1) is 11.3 Å². The summed E-state index contributed by atoms with van der Waals surface area (Å²) >= 11 is 1.63. The standard InChI is InChI=1S/C12H15N3OS/c1-16-11-5-3-2-4-9(11)10(15-13)8-12-14-6-7-17-12/h2-7,10,15H,8,13H2,1H3. The van der Waals surface area contributed by atoms with Crippen LogP contribution < -0.4 is 16.0 Å². The van der Waals surface area contributed by atoms with Crippen molar-refractivity contribution in [2.24, 2.45) is 5.84 Å². The maximum absolute atomic E-state index is 5.62. The van der Waals surface area contributed by atoms with Crippen molar-refractivity contribution < 1.29 is 4.74 Å². The van der Waals surface area contributed by atoms with E-state index in [1.807, 2.05) is 29.6 Å². The summed E-state index contributed by atoms with van der Waals surface area (Å²) in [7, 11) is 1.66. The number of rotatable bonds is 5. The van der Waals surface area contributed by atoms with Crippen LogP contribution in [0.2, 0.25) is 0 Å². The normalized spacial score (nSPS) is 12.4. The molecule has 0 saturated carbocycles. The molecule has 0 bridgehead atoms. The van der Waals surface area contributed by atoms with Gasteiger partial charge >= 0.3 is 0 Å². The number of ether oxygens (including phenoxy) is 1. The molecule has 0 fully saturated rings. The molecule has 0 radical (unpaired) electrons. The lowest BCUT2D eigenvalue weighted by atomic mass is 10.0. The number of nitrogens with zero attached hydrogens (tertiary/aromatic N) is 1. The first-order valence-electron chi connectivity index (χ1n) is 5.32. The lowest BCUT2D eigenvalue weighted by Gasteiger charge is -2.17. The highest BCUT2D eigenvalue weighted by atomic mass is 32.1. The van der Waals surface area contributed by atoms with Gasteiger partial charge in [-0.05, 0) is 6.07 Å². The Kier molecular flexibility index (Phi) is 4.08. The van der Waals surface area contributed by atoms with Gasteiger partial charge in [0.1, 0.15) is 5.75 Å². The second kappa shape index (κ2) is 5.77. The quantitative estimate of drug-likeness (QED) is 0.627. The van der Waals surface area contributed by atoms with Crippen molar-refractivity contribution in [2.75, 3.05) is 7.11 Å². The van der Waals surface area contributed by atoms with Gasteiger partial charge in [-0.3, -0.25) is 11.3 Å². The predicted octanol–water partition coefficient (Wildman–Crippen LogP) is 1.90. The Morgan fingerprint density at radius 1 is 1.47 bits per heavy atom. The maximum Gasteiger partial charge on any atom is 0.123 e. The number of thiazole rings is 1. The lowest BCUT2D eigenvalue weighted by molar-refractivity contribution is 0.399. The molecule has 0 amide bonds. The Bertz CT molecular complexity index is 459. The molecule has 0 aliphatic carbocycles. The average molecular weight is 249 g/mol. The van der Waals surface area contributed by atoms with Gasteiger partial charge in [0.25, 0.3) is 0 Å². The monoisotopic (exact) mass is 249 g/mol. The summed E-state index contributed by atoms with van der Waals surface area (Å²) in [5.74, 6) is 6.46. The Hall–Kier alpha value is -1.43. The van der Waals surface area contributed by atoms with E-state index in [0.29, 0.717) is 0 Å². The van der Waals surface area contributed by atoms with Crippen LogP contribution in [-0.4, -0.2) is 12.1 Å². The van der Waals surface area contributed by atoms with Crippen LogP contribution in [0.5, 0.6) is 5.75 Å². The first-order valence-corrected chi connectivity index (χ1v) is 6.20. The molecule has 0 spiro atoms. The van der Waals surface area contributed by atoms with Crippen LogP contribution in [0.15, 0.2) is 35.8 Å². The van der Waals surface area contributed by atoms with E-state index in [9.17, 15) is 0 Å². The molecule has 1 unspecified atom stereocenters. The minimum Gasteiger partial charge on any atom is -0.496 e. The number of hydrogen-bond donors (Lipinski definition) is 2. The topological polar surface area (TPSA) is 60.2 Å². The van der Waals surface area contributed by atoms with E-state index >= 15 is 0 Å². The summed E-state index contributed by atoms with van der Waals surface area (Å²) in [6, 6.07) is 7.87. The SMILES string of the molecule is COc1ccccc1C(Cc1nccs1)NN. The second-order valence-electron chi connectivity index (χ2n) is 3.59. The second-order valence-corrected chi connectivity index (χ2v) is 4.57. The van der Waals surface area contributed by atoms with Crippen molar-refractivity contribution in [3.8, 4) is 5.75 Å². The molecule has 2 aromatic rings. The predicted molar refractivity (Wildman–Crippen MR) is 68.9 cm³/mol. The van der Waals surface area contributed by atoms with Crippen molar-refractivity contribution in [3.63, 3.8) is 0 Å². The fraction of sp³-hybridized carbons (Fsp3) is 0.250. The zero-order valence-corrected chi connectivity index (χ0v) is 10.4. The van der Waals surface area contributed by atoms with Crippen LogP contribution >= 0.6 is 11.3 Å². The van der Waals surface area contributed by atoms with Gasteiger partial charge in [0, 0.05) is 23.6 Å². The Morgan fingerprint density at radius 2 is 2.29 bits per heavy atom. The van der Waals surface area contributed by atoms with Crippen molar-refractivity contribution in [1.29, 1.82) is 0 Å². The molecule has 17 heavy (non-hydrogen) atoms. The number of aromatic nitrogens is 1. The van der Waals surface area contributed by atoms with Crippen molar-refractivity contribution in [1.82, 2.24) is 10.4 Å². The van der Waals surface area contributed by atoms with E-state index in [4.69, 9.17) is 10.6 Å². The van der Waals surface area contributed by atoms with Gasteiger partial charge in [0.05, 0.1) is 18.2 Å². The Labute approximate surface area is 104 Å². The molecule has 0 aliphatic rings. The highest BCUT2D eigenvalue weighted by Gasteiger charge is 2.15. The highest BCUT2D eigenvalue weighted by molar-refractivity contribution is 7.09. The molecular formula is C12H15N3OS. The fourth-order valence-electron chi connectivity index (χ4n) is 1.74. The summed E-state index contributed by atoms with van der Waals surface area (Å²) in [5, 5.41) is 3.02. The van der Waals surface area contributed by atoms with Crippen LogP contribution in [0.25, 0.3) is 0 Å². The number of hydrazine groups is 1. The maximum atomic E-state index is 5.62. The van der Waals surface area contributed by atoms with Crippen molar-refractivity contribution in [2.45, 2.75) is 12.5 Å². The number of methoxy groups -OCH3 is 1. The Balaban J connectivity index is 2.22. The van der Waals surface area contributed by atoms with Crippen LogP contribution in [-0.2, 0) is 6.42 Å². The largest absolute Gasteiger partial charge is 0.496 e. The summed E-state index contributed by atoms with van der Waals surface area (Å²) < 4.78 is 5.33. The minimum atomic E-state index is 0.0114. The average Bonchev–Trinajstić information content (AvgIpc) is 2.89. The number of para-hydroxylation sites is 1. The van der Waals surface area contributed by atoms with Crippen molar-refractivity contribution >= 4 is 11.3 Å². The highest BCUT2D eigenvalue weighted by Crippen LogP contribution is 2.27. The first-order chi connectivity index (χ1) is 8.35. The zero-order chi connectivity index (χ0) is 12.1. The zero-order valence-electron chi connectivity index (χ0n) is 9.59. The molecule has 5 heteroatoms. The van der Waals surface area contributed by atoms with Gasteiger partial charge in [0.15, 0.2) is 0 Å². The van der Waals surface area contributed by atoms with E-state index in [1.54, 1.807) is 24.6 Å². The molecule has 2 rings (SSSR count).